The van der Waals surface area contributed by atoms with Gasteiger partial charge in [0.05, 0.1) is 11.5 Å². The first-order chi connectivity index (χ1) is 10.0. The molecule has 0 saturated carbocycles. The van der Waals surface area contributed by atoms with Crippen molar-refractivity contribution < 1.29 is 13.2 Å². The Morgan fingerprint density at radius 3 is 2.81 bits per heavy atom. The highest BCUT2D eigenvalue weighted by molar-refractivity contribution is 7.89. The fourth-order valence-corrected chi connectivity index (χ4v) is 5.21. The molecule has 4 nitrogen and oxygen atoms in total. The van der Waals surface area contributed by atoms with Crippen molar-refractivity contribution in [3.8, 4) is 5.75 Å². The van der Waals surface area contributed by atoms with Gasteiger partial charge in [-0.15, -0.1) is 0 Å². The maximum atomic E-state index is 12.9. The number of fused-ring (bicyclic) bond motifs is 2. The monoisotopic (exact) mass is 307 g/mol. The van der Waals surface area contributed by atoms with Crippen molar-refractivity contribution in [2.75, 3.05) is 6.61 Å². The van der Waals surface area contributed by atoms with Crippen molar-refractivity contribution in [2.24, 2.45) is 0 Å². The van der Waals surface area contributed by atoms with Crippen molar-refractivity contribution >= 4 is 10.0 Å². The van der Waals surface area contributed by atoms with Gasteiger partial charge < -0.3 is 4.74 Å². The summed E-state index contributed by atoms with van der Waals surface area (Å²) in [5.74, 6) is 0.748. The van der Waals surface area contributed by atoms with E-state index in [1.807, 2.05) is 19.9 Å². The average Bonchev–Trinajstić information content (AvgIpc) is 2.72. The normalized spacial score (nSPS) is 25.2. The standard InChI is InChI=1S/C16H21NO3S/c1-3-20-16-10-9-15(11-12(16)2)21(18,19)17-13-5-4-6-14(17)8-7-13/h4-5,9-11,13-14H,3,6-8H2,1-2H3/t13-,14-/m0/s1. The van der Waals surface area contributed by atoms with E-state index in [9.17, 15) is 8.42 Å². The first-order valence-corrected chi connectivity index (χ1v) is 8.91. The van der Waals surface area contributed by atoms with Crippen molar-refractivity contribution in [1.29, 1.82) is 0 Å². The van der Waals surface area contributed by atoms with Crippen molar-refractivity contribution in [2.45, 2.75) is 50.1 Å². The van der Waals surface area contributed by atoms with Gasteiger partial charge in [0.2, 0.25) is 10.0 Å². The number of ether oxygens (including phenoxy) is 1. The molecular weight excluding hydrogens is 286 g/mol. The second-order valence-electron chi connectivity index (χ2n) is 5.66. The molecule has 1 fully saturated rings. The molecule has 0 aromatic heterocycles. The van der Waals surface area contributed by atoms with Gasteiger partial charge in [-0.2, -0.15) is 4.31 Å². The van der Waals surface area contributed by atoms with Crippen LogP contribution in [0.5, 0.6) is 5.75 Å². The lowest BCUT2D eigenvalue weighted by Gasteiger charge is -2.30. The fourth-order valence-electron chi connectivity index (χ4n) is 3.28. The van der Waals surface area contributed by atoms with Crippen LogP contribution < -0.4 is 4.74 Å². The summed E-state index contributed by atoms with van der Waals surface area (Å²) in [6, 6.07) is 5.29. The maximum Gasteiger partial charge on any atom is 0.243 e. The van der Waals surface area contributed by atoms with E-state index in [2.05, 4.69) is 6.08 Å². The Bertz CT molecular complexity index is 666. The summed E-state index contributed by atoms with van der Waals surface area (Å²) < 4.78 is 33.0. The molecule has 2 bridgehead atoms. The van der Waals surface area contributed by atoms with E-state index in [0.29, 0.717) is 11.5 Å². The third-order valence-corrected chi connectivity index (χ3v) is 6.24. The van der Waals surface area contributed by atoms with Crippen LogP contribution in [0.2, 0.25) is 0 Å². The second-order valence-corrected chi connectivity index (χ2v) is 7.50. The molecule has 2 aliphatic heterocycles. The lowest BCUT2D eigenvalue weighted by atomic mass is 10.2. The molecule has 0 spiro atoms. The van der Waals surface area contributed by atoms with Crippen LogP contribution in [0, 0.1) is 6.92 Å². The van der Waals surface area contributed by atoms with Crippen LogP contribution in [0.15, 0.2) is 35.2 Å². The van der Waals surface area contributed by atoms with E-state index in [1.54, 1.807) is 22.5 Å². The van der Waals surface area contributed by atoms with Crippen molar-refractivity contribution in [3.05, 3.63) is 35.9 Å². The van der Waals surface area contributed by atoms with Crippen LogP contribution in [-0.2, 0) is 10.0 Å². The molecule has 1 aromatic carbocycles. The maximum absolute atomic E-state index is 12.9. The highest BCUT2D eigenvalue weighted by atomic mass is 32.2. The molecule has 1 saturated heterocycles. The summed E-state index contributed by atoms with van der Waals surface area (Å²) in [5, 5.41) is 0. The van der Waals surface area contributed by atoms with Crippen LogP contribution in [0.25, 0.3) is 0 Å². The van der Waals surface area contributed by atoms with Gasteiger partial charge in [0.15, 0.2) is 0 Å². The van der Waals surface area contributed by atoms with Gasteiger partial charge >= 0.3 is 0 Å². The minimum Gasteiger partial charge on any atom is -0.494 e. The third kappa shape index (κ3) is 2.49. The Morgan fingerprint density at radius 2 is 2.14 bits per heavy atom. The van der Waals surface area contributed by atoms with E-state index in [1.165, 1.54) is 0 Å². The Hall–Kier alpha value is -1.33. The molecule has 0 radical (unpaired) electrons. The summed E-state index contributed by atoms with van der Waals surface area (Å²) in [6.45, 7) is 4.38. The molecule has 5 heteroatoms. The lowest BCUT2D eigenvalue weighted by Crippen LogP contribution is -2.41. The lowest BCUT2D eigenvalue weighted by molar-refractivity contribution is 0.336. The highest BCUT2D eigenvalue weighted by Gasteiger charge is 2.42. The molecule has 0 aliphatic carbocycles. The Balaban J connectivity index is 1.96. The molecule has 2 atom stereocenters. The first-order valence-electron chi connectivity index (χ1n) is 7.47. The SMILES string of the molecule is CCOc1ccc(S(=O)(=O)N2[C@H]3CC=C[C@H]2CC3)cc1C. The molecule has 1 aromatic rings. The zero-order valence-electron chi connectivity index (χ0n) is 12.5. The molecule has 2 heterocycles. The van der Waals surface area contributed by atoms with Gasteiger partial charge in [0.1, 0.15) is 5.75 Å². The van der Waals surface area contributed by atoms with Gasteiger partial charge in [-0.25, -0.2) is 8.42 Å². The molecule has 114 valence electrons. The number of hydrogen-bond acceptors (Lipinski definition) is 3. The number of sulfonamides is 1. The summed E-state index contributed by atoms with van der Waals surface area (Å²) >= 11 is 0. The quantitative estimate of drug-likeness (QED) is 0.804. The number of rotatable bonds is 4. The molecule has 0 unspecified atom stereocenters. The second kappa shape index (κ2) is 5.46. The number of hydrogen-bond donors (Lipinski definition) is 0. The van der Waals surface area contributed by atoms with Crippen LogP contribution in [0.4, 0.5) is 0 Å². The number of aryl methyl sites for hydroxylation is 1. The minimum atomic E-state index is -3.43. The first kappa shape index (κ1) is 14.6. The third-order valence-electron chi connectivity index (χ3n) is 4.27. The van der Waals surface area contributed by atoms with Crippen LogP contribution in [0.1, 0.15) is 31.7 Å². The largest absolute Gasteiger partial charge is 0.494 e. The molecule has 21 heavy (non-hydrogen) atoms. The highest BCUT2D eigenvalue weighted by Crippen LogP contribution is 2.37. The molecule has 0 N–H and O–H groups in total. The van der Waals surface area contributed by atoms with Crippen molar-refractivity contribution in [3.63, 3.8) is 0 Å². The zero-order chi connectivity index (χ0) is 15.0. The molecule has 3 rings (SSSR count). The summed E-state index contributed by atoms with van der Waals surface area (Å²) in [7, 11) is -3.43. The van der Waals surface area contributed by atoms with E-state index in [0.717, 1.165) is 30.6 Å². The van der Waals surface area contributed by atoms with Gasteiger partial charge in [0, 0.05) is 12.1 Å². The van der Waals surface area contributed by atoms with Gasteiger partial charge in [-0.3, -0.25) is 0 Å². The molecular formula is C16H21NO3S. The number of nitrogens with zero attached hydrogens (tertiary/aromatic N) is 1. The fraction of sp³-hybridized carbons (Fsp3) is 0.500. The van der Waals surface area contributed by atoms with E-state index >= 15 is 0 Å². The summed E-state index contributed by atoms with van der Waals surface area (Å²) in [6.07, 6.45) is 6.84. The van der Waals surface area contributed by atoms with Gasteiger partial charge in [-0.05, 0) is 56.9 Å². The number of benzene rings is 1. The average molecular weight is 307 g/mol. The summed E-state index contributed by atoms with van der Waals surface area (Å²) in [5.41, 5.74) is 0.859. The zero-order valence-corrected chi connectivity index (χ0v) is 13.3. The predicted octanol–water partition coefficient (Wildman–Crippen LogP) is 2.88. The Kier molecular flexibility index (Phi) is 3.80. The minimum absolute atomic E-state index is 0.0284. The van der Waals surface area contributed by atoms with Crippen LogP contribution >= 0.6 is 0 Å². The van der Waals surface area contributed by atoms with Crippen LogP contribution in [0.3, 0.4) is 0 Å². The smallest absolute Gasteiger partial charge is 0.243 e. The molecule has 2 aliphatic rings. The van der Waals surface area contributed by atoms with Gasteiger partial charge in [0.25, 0.3) is 0 Å². The van der Waals surface area contributed by atoms with E-state index < -0.39 is 10.0 Å². The Morgan fingerprint density at radius 1 is 1.33 bits per heavy atom. The van der Waals surface area contributed by atoms with Crippen LogP contribution in [-0.4, -0.2) is 31.4 Å². The summed E-state index contributed by atoms with van der Waals surface area (Å²) in [4.78, 5) is 0.371. The van der Waals surface area contributed by atoms with Crippen molar-refractivity contribution in [1.82, 2.24) is 4.31 Å². The van der Waals surface area contributed by atoms with E-state index in [-0.39, 0.29) is 12.1 Å². The topological polar surface area (TPSA) is 46.6 Å². The predicted molar refractivity (Wildman–Crippen MR) is 81.9 cm³/mol. The molecule has 0 amide bonds. The Labute approximate surface area is 126 Å². The van der Waals surface area contributed by atoms with Gasteiger partial charge in [-0.1, -0.05) is 12.2 Å². The van der Waals surface area contributed by atoms with E-state index in [4.69, 9.17) is 4.74 Å².